The summed E-state index contributed by atoms with van der Waals surface area (Å²) in [4.78, 5) is 23.3. The largest absolute Gasteiger partial charge is 0.355 e. The first-order valence-electron chi connectivity index (χ1n) is 4.69. The second kappa shape index (κ2) is 4.04. The van der Waals surface area contributed by atoms with E-state index in [1.54, 1.807) is 17.1 Å². The van der Waals surface area contributed by atoms with Gasteiger partial charge in [-0.3, -0.25) is 4.79 Å². The van der Waals surface area contributed by atoms with Crippen molar-refractivity contribution in [1.82, 2.24) is 24.8 Å². The zero-order chi connectivity index (χ0) is 10.7. The summed E-state index contributed by atoms with van der Waals surface area (Å²) >= 11 is 0. The number of fused-ring (bicyclic) bond motifs is 1. The van der Waals surface area contributed by atoms with E-state index in [2.05, 4.69) is 20.3 Å². The Morgan fingerprint density at radius 3 is 3.20 bits per heavy atom. The van der Waals surface area contributed by atoms with Crippen molar-refractivity contribution in [3.05, 3.63) is 18.9 Å². The van der Waals surface area contributed by atoms with Crippen LogP contribution >= 0.6 is 0 Å². The number of hydrogen-bond donors (Lipinski definition) is 1. The maximum absolute atomic E-state index is 11.4. The number of carbonyl (C=O) groups excluding carboxylic acids is 1. The van der Waals surface area contributed by atoms with Crippen LogP contribution in [-0.2, 0) is 11.3 Å². The van der Waals surface area contributed by atoms with E-state index in [9.17, 15) is 4.79 Å². The van der Waals surface area contributed by atoms with Gasteiger partial charge in [0, 0.05) is 6.54 Å². The van der Waals surface area contributed by atoms with Gasteiger partial charge in [-0.1, -0.05) is 0 Å². The summed E-state index contributed by atoms with van der Waals surface area (Å²) in [6.07, 6.45) is 4.68. The van der Waals surface area contributed by atoms with Crippen LogP contribution in [0.1, 0.15) is 6.92 Å². The van der Waals surface area contributed by atoms with Crippen LogP contribution in [0.3, 0.4) is 0 Å². The van der Waals surface area contributed by atoms with Crippen LogP contribution in [0.25, 0.3) is 11.2 Å². The molecule has 0 bridgehead atoms. The molecule has 0 spiro atoms. The van der Waals surface area contributed by atoms with Gasteiger partial charge >= 0.3 is 0 Å². The molecular weight excluding hydrogens is 194 g/mol. The lowest BCUT2D eigenvalue weighted by Crippen LogP contribution is -2.26. The predicted octanol–water partition coefficient (Wildman–Crippen LogP) is -0.0376. The summed E-state index contributed by atoms with van der Waals surface area (Å²) in [6.45, 7) is 2.76. The molecule has 0 saturated carbocycles. The van der Waals surface area contributed by atoms with Crippen LogP contribution in [0.4, 0.5) is 0 Å². The van der Waals surface area contributed by atoms with E-state index in [1.165, 1.54) is 6.33 Å². The molecule has 0 saturated heterocycles. The maximum Gasteiger partial charge on any atom is 0.239 e. The van der Waals surface area contributed by atoms with Crippen LogP contribution in [-0.4, -0.2) is 32.0 Å². The van der Waals surface area contributed by atoms with Crippen LogP contribution in [0.2, 0.25) is 0 Å². The number of imidazole rings is 1. The van der Waals surface area contributed by atoms with Crippen molar-refractivity contribution >= 4 is 17.1 Å². The van der Waals surface area contributed by atoms with E-state index >= 15 is 0 Å². The number of aromatic nitrogens is 4. The van der Waals surface area contributed by atoms with E-state index in [-0.39, 0.29) is 12.5 Å². The third-order valence-electron chi connectivity index (χ3n) is 1.99. The molecule has 78 valence electrons. The Kier molecular flexibility index (Phi) is 2.57. The molecule has 0 fully saturated rings. The number of hydrogen-bond acceptors (Lipinski definition) is 4. The van der Waals surface area contributed by atoms with E-state index in [0.29, 0.717) is 12.2 Å². The van der Waals surface area contributed by atoms with E-state index < -0.39 is 0 Å². The SMILES string of the molecule is CCNC(=O)Cn1cnc2ncncc21. The zero-order valence-corrected chi connectivity index (χ0v) is 8.34. The predicted molar refractivity (Wildman–Crippen MR) is 54.0 cm³/mol. The molecule has 6 heteroatoms. The first-order chi connectivity index (χ1) is 7.31. The van der Waals surface area contributed by atoms with Crippen molar-refractivity contribution < 1.29 is 4.79 Å². The number of carbonyl (C=O) groups is 1. The zero-order valence-electron chi connectivity index (χ0n) is 8.34. The van der Waals surface area contributed by atoms with Crippen molar-refractivity contribution in [3.8, 4) is 0 Å². The maximum atomic E-state index is 11.4. The monoisotopic (exact) mass is 205 g/mol. The second-order valence-corrected chi connectivity index (χ2v) is 3.06. The highest BCUT2D eigenvalue weighted by Gasteiger charge is 2.06. The molecule has 0 atom stereocenters. The Labute approximate surface area is 86.4 Å². The highest BCUT2D eigenvalue weighted by atomic mass is 16.1. The lowest BCUT2D eigenvalue weighted by Gasteiger charge is -2.03. The van der Waals surface area contributed by atoms with Gasteiger partial charge in [0.05, 0.1) is 12.5 Å². The molecule has 1 N–H and O–H groups in total. The van der Waals surface area contributed by atoms with Gasteiger partial charge in [-0.05, 0) is 6.92 Å². The number of rotatable bonds is 3. The molecule has 0 aromatic carbocycles. The molecule has 0 aliphatic rings. The summed E-state index contributed by atoms with van der Waals surface area (Å²) in [5.74, 6) is -0.0411. The summed E-state index contributed by atoms with van der Waals surface area (Å²) in [6, 6.07) is 0. The lowest BCUT2D eigenvalue weighted by atomic mass is 10.5. The molecule has 2 aromatic heterocycles. The Balaban J connectivity index is 2.25. The Morgan fingerprint density at radius 2 is 2.40 bits per heavy atom. The Bertz CT molecular complexity index is 478. The normalized spacial score (nSPS) is 10.5. The number of nitrogens with zero attached hydrogens (tertiary/aromatic N) is 4. The van der Waals surface area contributed by atoms with Crippen LogP contribution < -0.4 is 5.32 Å². The molecule has 15 heavy (non-hydrogen) atoms. The summed E-state index contributed by atoms with van der Waals surface area (Å²) in [7, 11) is 0. The van der Waals surface area contributed by atoms with Gasteiger partial charge in [0.25, 0.3) is 0 Å². The summed E-state index contributed by atoms with van der Waals surface area (Å²) < 4.78 is 1.72. The topological polar surface area (TPSA) is 72.7 Å². The molecule has 0 radical (unpaired) electrons. The van der Waals surface area contributed by atoms with Gasteiger partial charge in [-0.15, -0.1) is 0 Å². The summed E-state index contributed by atoms with van der Waals surface area (Å²) in [5.41, 5.74) is 1.37. The molecular formula is C9H11N5O. The quantitative estimate of drug-likeness (QED) is 0.763. The minimum Gasteiger partial charge on any atom is -0.355 e. The molecule has 2 heterocycles. The van der Waals surface area contributed by atoms with E-state index in [4.69, 9.17) is 0 Å². The molecule has 6 nitrogen and oxygen atoms in total. The number of likely N-dealkylation sites (N-methyl/N-ethyl adjacent to an activating group) is 1. The fourth-order valence-corrected chi connectivity index (χ4v) is 1.34. The lowest BCUT2D eigenvalue weighted by molar-refractivity contribution is -0.121. The van der Waals surface area contributed by atoms with Gasteiger partial charge in [-0.25, -0.2) is 15.0 Å². The molecule has 2 aromatic rings. The van der Waals surface area contributed by atoms with Gasteiger partial charge in [0.15, 0.2) is 5.65 Å². The van der Waals surface area contributed by atoms with Crippen molar-refractivity contribution in [2.45, 2.75) is 13.5 Å². The third kappa shape index (κ3) is 1.93. The van der Waals surface area contributed by atoms with Crippen molar-refractivity contribution in [2.24, 2.45) is 0 Å². The summed E-state index contributed by atoms with van der Waals surface area (Å²) in [5, 5.41) is 2.72. The molecule has 2 rings (SSSR count). The van der Waals surface area contributed by atoms with Gasteiger partial charge in [0.2, 0.25) is 5.91 Å². The first kappa shape index (κ1) is 9.57. The van der Waals surface area contributed by atoms with E-state index in [0.717, 1.165) is 5.52 Å². The van der Waals surface area contributed by atoms with Gasteiger partial charge in [-0.2, -0.15) is 0 Å². The molecule has 0 unspecified atom stereocenters. The molecule has 0 aliphatic carbocycles. The highest BCUT2D eigenvalue weighted by Crippen LogP contribution is 2.06. The van der Waals surface area contributed by atoms with Crippen molar-refractivity contribution in [3.63, 3.8) is 0 Å². The highest BCUT2D eigenvalue weighted by molar-refractivity contribution is 5.78. The third-order valence-corrected chi connectivity index (χ3v) is 1.99. The van der Waals surface area contributed by atoms with Gasteiger partial charge < -0.3 is 9.88 Å². The van der Waals surface area contributed by atoms with Crippen LogP contribution in [0.5, 0.6) is 0 Å². The minimum atomic E-state index is -0.0411. The smallest absolute Gasteiger partial charge is 0.239 e. The van der Waals surface area contributed by atoms with E-state index in [1.807, 2.05) is 6.92 Å². The number of nitrogens with one attached hydrogen (secondary N) is 1. The second-order valence-electron chi connectivity index (χ2n) is 3.06. The fourth-order valence-electron chi connectivity index (χ4n) is 1.34. The van der Waals surface area contributed by atoms with Crippen molar-refractivity contribution in [2.75, 3.05) is 6.54 Å². The first-order valence-corrected chi connectivity index (χ1v) is 4.69. The Hall–Kier alpha value is -1.98. The average Bonchev–Trinajstić information content (AvgIpc) is 2.62. The standard InChI is InChI=1S/C9H11N5O/c1-2-11-8(15)4-14-6-13-9-7(14)3-10-5-12-9/h3,5-6H,2,4H2,1H3,(H,11,15). The van der Waals surface area contributed by atoms with Crippen molar-refractivity contribution in [1.29, 1.82) is 0 Å². The van der Waals surface area contributed by atoms with Crippen LogP contribution in [0.15, 0.2) is 18.9 Å². The molecule has 0 aliphatic heterocycles. The Morgan fingerprint density at radius 1 is 1.53 bits per heavy atom. The molecule has 1 amide bonds. The van der Waals surface area contributed by atoms with Gasteiger partial charge in [0.1, 0.15) is 18.4 Å². The average molecular weight is 205 g/mol. The fraction of sp³-hybridized carbons (Fsp3) is 0.333. The minimum absolute atomic E-state index is 0.0411. The van der Waals surface area contributed by atoms with Crippen LogP contribution in [0, 0.1) is 0 Å². The number of amides is 1.